The van der Waals surface area contributed by atoms with Gasteiger partial charge in [0, 0.05) is 15.8 Å². The minimum Gasteiger partial charge on any atom is -0.324 e. The highest BCUT2D eigenvalue weighted by molar-refractivity contribution is 7.26. The Bertz CT molecular complexity index is 1360. The monoisotopic (exact) mass is 445 g/mol. The van der Waals surface area contributed by atoms with Gasteiger partial charge in [-0.25, -0.2) is 4.68 Å². The number of benzene rings is 2. The summed E-state index contributed by atoms with van der Waals surface area (Å²) in [6.45, 7) is 3.49. The number of thiophene rings is 1. The van der Waals surface area contributed by atoms with Crippen LogP contribution in [0, 0.1) is 6.92 Å². The molecule has 0 aliphatic carbocycles. The fraction of sp³-hybridized carbons (Fsp3) is 0.227. The Kier molecular flexibility index (Phi) is 5.30. The molecule has 0 aliphatic heterocycles. The average Bonchev–Trinajstić information content (AvgIpc) is 3.12. The number of carbonyl (C=O) groups excluding carboxylic acids is 1. The Morgan fingerprint density at radius 1 is 1.19 bits per heavy atom. The average molecular weight is 445 g/mol. The van der Waals surface area contributed by atoms with Gasteiger partial charge in [-0.2, -0.15) is 18.3 Å². The molecular weight excluding hydrogens is 427 g/mol. The van der Waals surface area contributed by atoms with Crippen molar-refractivity contribution >= 4 is 43.1 Å². The molecule has 4 aromatic rings. The summed E-state index contributed by atoms with van der Waals surface area (Å²) >= 11 is 1.46. The van der Waals surface area contributed by atoms with Crippen molar-refractivity contribution in [1.29, 1.82) is 0 Å². The van der Waals surface area contributed by atoms with E-state index in [1.807, 2.05) is 24.3 Å². The molecule has 0 saturated carbocycles. The van der Waals surface area contributed by atoms with Crippen LogP contribution in [0.15, 0.2) is 53.3 Å². The van der Waals surface area contributed by atoms with Gasteiger partial charge in [0.25, 0.3) is 5.56 Å². The highest BCUT2D eigenvalue weighted by Gasteiger charge is 2.31. The van der Waals surface area contributed by atoms with Crippen molar-refractivity contribution in [2.75, 3.05) is 5.32 Å². The van der Waals surface area contributed by atoms with Gasteiger partial charge in [-0.05, 0) is 37.6 Å². The second-order valence-corrected chi connectivity index (χ2v) is 8.18. The van der Waals surface area contributed by atoms with Crippen LogP contribution in [-0.2, 0) is 11.0 Å². The van der Waals surface area contributed by atoms with Gasteiger partial charge < -0.3 is 5.32 Å². The summed E-state index contributed by atoms with van der Waals surface area (Å²) in [4.78, 5) is 26.2. The fourth-order valence-corrected chi connectivity index (χ4v) is 4.69. The van der Waals surface area contributed by atoms with Crippen molar-refractivity contribution in [3.05, 3.63) is 70.1 Å². The molecule has 4 rings (SSSR count). The summed E-state index contributed by atoms with van der Waals surface area (Å²) in [7, 11) is 0. The lowest BCUT2D eigenvalue weighted by Gasteiger charge is -2.18. The molecule has 1 atom stereocenters. The highest BCUT2D eigenvalue weighted by Crippen LogP contribution is 2.33. The molecule has 2 heterocycles. The molecule has 0 radical (unpaired) electrons. The van der Waals surface area contributed by atoms with Crippen LogP contribution in [0.25, 0.3) is 20.2 Å². The lowest BCUT2D eigenvalue weighted by atomic mass is 10.1. The Morgan fingerprint density at radius 3 is 2.65 bits per heavy atom. The van der Waals surface area contributed by atoms with Crippen molar-refractivity contribution in [3.63, 3.8) is 0 Å². The van der Waals surface area contributed by atoms with Crippen LogP contribution in [-0.4, -0.2) is 15.7 Å². The summed E-state index contributed by atoms with van der Waals surface area (Å²) in [5, 5.41) is 8.14. The topological polar surface area (TPSA) is 64.0 Å². The minimum atomic E-state index is -4.52. The zero-order chi connectivity index (χ0) is 22.3. The molecule has 0 spiro atoms. The first-order valence-electron chi connectivity index (χ1n) is 9.59. The first-order chi connectivity index (χ1) is 14.7. The number of nitrogens with one attached hydrogen (secondary N) is 1. The van der Waals surface area contributed by atoms with E-state index in [2.05, 4.69) is 10.4 Å². The SMILES string of the molecule is CC[C@@H](C(=O)Nc1cccc(C(F)(F)F)c1)n1nc(C)c2sc3ccccc3c2c1=O. The Hall–Kier alpha value is -3.20. The summed E-state index contributed by atoms with van der Waals surface area (Å²) in [6, 6.07) is 10.9. The van der Waals surface area contributed by atoms with Crippen LogP contribution in [0.4, 0.5) is 18.9 Å². The van der Waals surface area contributed by atoms with Gasteiger partial charge in [0.15, 0.2) is 0 Å². The fourth-order valence-electron chi connectivity index (χ4n) is 3.56. The number of amides is 1. The van der Waals surface area contributed by atoms with Crippen LogP contribution < -0.4 is 10.9 Å². The number of anilines is 1. The first-order valence-corrected chi connectivity index (χ1v) is 10.4. The second kappa shape index (κ2) is 7.81. The first kappa shape index (κ1) is 21.0. The standard InChI is InChI=1S/C22H18F3N3O2S/c1-3-16(20(29)26-14-8-6-7-13(11-14)22(23,24)25)28-21(30)18-15-9-4-5-10-17(15)31-19(18)12(2)27-28/h4-11,16H,3H2,1-2H3,(H,26,29)/t16-/m0/s1. The van der Waals surface area contributed by atoms with Crippen LogP contribution in [0.2, 0.25) is 0 Å². The van der Waals surface area contributed by atoms with E-state index in [9.17, 15) is 22.8 Å². The molecule has 0 aliphatic rings. The van der Waals surface area contributed by atoms with Gasteiger partial charge in [-0.1, -0.05) is 31.2 Å². The molecule has 0 bridgehead atoms. The van der Waals surface area contributed by atoms with Gasteiger partial charge in [0.1, 0.15) is 6.04 Å². The number of halogens is 3. The number of carbonyl (C=O) groups is 1. The zero-order valence-corrected chi connectivity index (χ0v) is 17.5. The van der Waals surface area contributed by atoms with Crippen molar-refractivity contribution in [3.8, 4) is 0 Å². The Balaban J connectivity index is 1.76. The maximum absolute atomic E-state index is 13.3. The lowest BCUT2D eigenvalue weighted by Crippen LogP contribution is -2.35. The summed E-state index contributed by atoms with van der Waals surface area (Å²) in [6.07, 6.45) is -4.28. The summed E-state index contributed by atoms with van der Waals surface area (Å²) < 4.78 is 41.8. The van der Waals surface area contributed by atoms with Crippen molar-refractivity contribution in [2.45, 2.75) is 32.5 Å². The number of hydrogen-bond donors (Lipinski definition) is 1. The van der Waals surface area contributed by atoms with E-state index in [4.69, 9.17) is 0 Å². The van der Waals surface area contributed by atoms with E-state index < -0.39 is 29.2 Å². The van der Waals surface area contributed by atoms with Crippen LogP contribution in [0.1, 0.15) is 30.6 Å². The van der Waals surface area contributed by atoms with E-state index in [-0.39, 0.29) is 12.1 Å². The molecule has 160 valence electrons. The molecule has 0 saturated heterocycles. The number of alkyl halides is 3. The van der Waals surface area contributed by atoms with Gasteiger partial charge in [0.05, 0.1) is 21.3 Å². The molecule has 1 N–H and O–H groups in total. The Morgan fingerprint density at radius 2 is 1.94 bits per heavy atom. The number of aryl methyl sites for hydroxylation is 1. The third kappa shape index (κ3) is 3.81. The quantitative estimate of drug-likeness (QED) is 0.449. The third-order valence-corrected chi connectivity index (χ3v) is 6.33. The molecule has 1 amide bonds. The number of rotatable bonds is 4. The summed E-state index contributed by atoms with van der Waals surface area (Å²) in [5.41, 5.74) is -0.647. The number of fused-ring (bicyclic) bond motifs is 3. The molecule has 5 nitrogen and oxygen atoms in total. The maximum Gasteiger partial charge on any atom is 0.416 e. The van der Waals surface area contributed by atoms with Gasteiger partial charge in [-0.15, -0.1) is 11.3 Å². The Labute approximate surface area is 179 Å². The molecule has 2 aromatic heterocycles. The number of aromatic nitrogens is 2. The van der Waals surface area contributed by atoms with E-state index >= 15 is 0 Å². The number of hydrogen-bond acceptors (Lipinski definition) is 4. The van der Waals surface area contributed by atoms with E-state index in [1.165, 1.54) is 23.5 Å². The molecule has 9 heteroatoms. The smallest absolute Gasteiger partial charge is 0.324 e. The van der Waals surface area contributed by atoms with Crippen molar-refractivity contribution in [2.24, 2.45) is 0 Å². The second-order valence-electron chi connectivity index (χ2n) is 7.13. The normalized spacial score (nSPS) is 12.9. The molecule has 0 unspecified atom stereocenters. The van der Waals surface area contributed by atoms with Crippen molar-refractivity contribution < 1.29 is 18.0 Å². The van der Waals surface area contributed by atoms with Gasteiger partial charge >= 0.3 is 6.18 Å². The van der Waals surface area contributed by atoms with E-state index in [0.717, 1.165) is 31.6 Å². The molecule has 2 aromatic carbocycles. The van der Waals surface area contributed by atoms with E-state index in [1.54, 1.807) is 13.8 Å². The highest BCUT2D eigenvalue weighted by atomic mass is 32.1. The lowest BCUT2D eigenvalue weighted by molar-refractivity contribution is -0.137. The largest absolute Gasteiger partial charge is 0.416 e. The predicted molar refractivity (Wildman–Crippen MR) is 116 cm³/mol. The van der Waals surface area contributed by atoms with E-state index in [0.29, 0.717) is 11.1 Å². The van der Waals surface area contributed by atoms with Gasteiger partial charge in [-0.3, -0.25) is 9.59 Å². The molecule has 31 heavy (non-hydrogen) atoms. The predicted octanol–water partition coefficient (Wildman–Crippen LogP) is 5.53. The van der Waals surface area contributed by atoms with Crippen LogP contribution in [0.5, 0.6) is 0 Å². The summed E-state index contributed by atoms with van der Waals surface area (Å²) in [5.74, 6) is -0.602. The zero-order valence-electron chi connectivity index (χ0n) is 16.7. The van der Waals surface area contributed by atoms with Gasteiger partial charge in [0.2, 0.25) is 5.91 Å². The van der Waals surface area contributed by atoms with Crippen LogP contribution in [0.3, 0.4) is 0 Å². The van der Waals surface area contributed by atoms with Crippen LogP contribution >= 0.6 is 11.3 Å². The maximum atomic E-state index is 13.3. The van der Waals surface area contributed by atoms with Crippen molar-refractivity contribution in [1.82, 2.24) is 9.78 Å². The molecule has 0 fully saturated rings. The molecular formula is C22H18F3N3O2S. The minimum absolute atomic E-state index is 0.00473. The third-order valence-electron chi connectivity index (χ3n) is 5.05. The number of nitrogens with zero attached hydrogens (tertiary/aromatic N) is 2.